The van der Waals surface area contributed by atoms with E-state index in [1.807, 2.05) is 103 Å². The lowest BCUT2D eigenvalue weighted by Crippen LogP contribution is -2.10. The first-order chi connectivity index (χ1) is 16.3. The lowest BCUT2D eigenvalue weighted by molar-refractivity contribution is 0.261. The number of benzene rings is 4. The van der Waals surface area contributed by atoms with Crippen LogP contribution >= 0.6 is 0 Å². The fourth-order valence-electron chi connectivity index (χ4n) is 3.77. The molecule has 4 rings (SSSR count). The van der Waals surface area contributed by atoms with Crippen LogP contribution in [0.5, 0.6) is 17.2 Å². The van der Waals surface area contributed by atoms with Gasteiger partial charge in [-0.05, 0) is 34.9 Å². The molecule has 0 radical (unpaired) electrons. The van der Waals surface area contributed by atoms with Crippen molar-refractivity contribution < 1.29 is 19.3 Å². The first-order valence-corrected chi connectivity index (χ1v) is 11.0. The topological polar surface area (TPSA) is 47.9 Å². The van der Waals surface area contributed by atoms with Crippen molar-refractivity contribution >= 4 is 0 Å². The first kappa shape index (κ1) is 22.4. The third-order valence-corrected chi connectivity index (χ3v) is 5.54. The fraction of sp³-hybridized carbons (Fsp3) is 0.172. The van der Waals surface area contributed by atoms with Crippen molar-refractivity contribution in [2.45, 2.75) is 19.1 Å². The number of rotatable bonds is 10. The zero-order chi connectivity index (χ0) is 22.9. The van der Waals surface area contributed by atoms with Gasteiger partial charge in [0.25, 0.3) is 0 Å². The maximum absolute atomic E-state index is 10.3. The van der Waals surface area contributed by atoms with Crippen molar-refractivity contribution in [1.82, 2.24) is 0 Å². The summed E-state index contributed by atoms with van der Waals surface area (Å²) >= 11 is 0. The van der Waals surface area contributed by atoms with E-state index in [2.05, 4.69) is 0 Å². The van der Waals surface area contributed by atoms with Gasteiger partial charge in [-0.2, -0.15) is 0 Å². The molecule has 33 heavy (non-hydrogen) atoms. The molecule has 0 aliphatic heterocycles. The molecule has 0 fully saturated rings. The van der Waals surface area contributed by atoms with Gasteiger partial charge in [0.05, 0.1) is 13.7 Å². The van der Waals surface area contributed by atoms with Crippen LogP contribution in [0.1, 0.15) is 28.2 Å². The minimum Gasteiger partial charge on any atom is -0.493 e. The second-order valence-corrected chi connectivity index (χ2v) is 7.73. The zero-order valence-electron chi connectivity index (χ0n) is 18.7. The molecule has 0 amide bonds. The van der Waals surface area contributed by atoms with E-state index < -0.39 is 0 Å². The predicted molar refractivity (Wildman–Crippen MR) is 130 cm³/mol. The van der Waals surface area contributed by atoms with Crippen LogP contribution in [-0.2, 0) is 13.2 Å². The molecule has 1 atom stereocenters. The number of para-hydroxylation sites is 1. The maximum atomic E-state index is 10.3. The van der Waals surface area contributed by atoms with Gasteiger partial charge in [-0.15, -0.1) is 0 Å². The van der Waals surface area contributed by atoms with E-state index >= 15 is 0 Å². The van der Waals surface area contributed by atoms with Gasteiger partial charge in [-0.25, -0.2) is 0 Å². The third kappa shape index (κ3) is 5.73. The summed E-state index contributed by atoms with van der Waals surface area (Å²) in [7, 11) is 1.63. The SMILES string of the molecule is COc1cccc([C@H](CO)c2ccc(OCc3ccccc3)cc2)c1OCc1ccccc1. The highest BCUT2D eigenvalue weighted by Gasteiger charge is 2.21. The Bertz CT molecular complexity index is 1130. The molecule has 4 heteroatoms. The van der Waals surface area contributed by atoms with Crippen LogP contribution in [0.25, 0.3) is 0 Å². The van der Waals surface area contributed by atoms with Crippen molar-refractivity contribution in [3.63, 3.8) is 0 Å². The molecule has 0 bridgehead atoms. The normalized spacial score (nSPS) is 11.6. The number of ether oxygens (including phenoxy) is 3. The predicted octanol–water partition coefficient (Wildman–Crippen LogP) is 5.98. The molecule has 0 heterocycles. The molecular weight excluding hydrogens is 412 g/mol. The van der Waals surface area contributed by atoms with Crippen LogP contribution in [0, 0.1) is 0 Å². The summed E-state index contributed by atoms with van der Waals surface area (Å²) < 4.78 is 17.7. The molecule has 0 saturated heterocycles. The number of hydrogen-bond acceptors (Lipinski definition) is 4. The third-order valence-electron chi connectivity index (χ3n) is 5.54. The highest BCUT2D eigenvalue weighted by atomic mass is 16.5. The summed E-state index contributed by atoms with van der Waals surface area (Å²) in [5, 5.41) is 10.3. The summed E-state index contributed by atoms with van der Waals surface area (Å²) in [4.78, 5) is 0. The van der Waals surface area contributed by atoms with Gasteiger partial charge in [-0.1, -0.05) is 84.9 Å². The Hall–Kier alpha value is -3.76. The van der Waals surface area contributed by atoms with Crippen molar-refractivity contribution in [3.8, 4) is 17.2 Å². The second-order valence-electron chi connectivity index (χ2n) is 7.73. The molecule has 0 saturated carbocycles. The van der Waals surface area contributed by atoms with Crippen molar-refractivity contribution in [1.29, 1.82) is 0 Å². The van der Waals surface area contributed by atoms with Gasteiger partial charge in [0, 0.05) is 11.5 Å². The van der Waals surface area contributed by atoms with Crippen molar-refractivity contribution in [2.75, 3.05) is 13.7 Å². The van der Waals surface area contributed by atoms with Crippen LogP contribution < -0.4 is 14.2 Å². The van der Waals surface area contributed by atoms with Crippen LogP contribution in [0.3, 0.4) is 0 Å². The van der Waals surface area contributed by atoms with E-state index in [1.165, 1.54) is 0 Å². The molecule has 0 aliphatic carbocycles. The first-order valence-electron chi connectivity index (χ1n) is 11.0. The molecule has 168 valence electrons. The van der Waals surface area contributed by atoms with E-state index in [0.717, 1.165) is 28.0 Å². The largest absolute Gasteiger partial charge is 0.493 e. The number of aliphatic hydroxyl groups is 1. The molecule has 0 spiro atoms. The molecule has 0 unspecified atom stereocenters. The van der Waals surface area contributed by atoms with Crippen LogP contribution in [-0.4, -0.2) is 18.8 Å². The average Bonchev–Trinajstić information content (AvgIpc) is 2.89. The van der Waals surface area contributed by atoms with Crippen molar-refractivity contribution in [2.24, 2.45) is 0 Å². The molecule has 0 aromatic heterocycles. The number of hydrogen-bond donors (Lipinski definition) is 1. The minimum atomic E-state index is -0.256. The van der Waals surface area contributed by atoms with E-state index in [-0.39, 0.29) is 12.5 Å². The van der Waals surface area contributed by atoms with Crippen LogP contribution in [0.15, 0.2) is 103 Å². The van der Waals surface area contributed by atoms with Gasteiger partial charge in [0.1, 0.15) is 19.0 Å². The summed E-state index contributed by atoms with van der Waals surface area (Å²) in [6, 6.07) is 33.7. The summed E-state index contributed by atoms with van der Waals surface area (Å²) in [6.45, 7) is 0.870. The molecule has 0 aliphatic rings. The molecule has 1 N–H and O–H groups in total. The zero-order valence-corrected chi connectivity index (χ0v) is 18.7. The van der Waals surface area contributed by atoms with E-state index in [0.29, 0.717) is 24.7 Å². The smallest absolute Gasteiger partial charge is 0.165 e. The highest BCUT2D eigenvalue weighted by Crippen LogP contribution is 2.39. The van der Waals surface area contributed by atoms with Gasteiger partial charge in [-0.3, -0.25) is 0 Å². The maximum Gasteiger partial charge on any atom is 0.165 e. The van der Waals surface area contributed by atoms with Crippen LogP contribution in [0.4, 0.5) is 0 Å². The summed E-state index contributed by atoms with van der Waals surface area (Å²) in [5.41, 5.74) is 4.04. The van der Waals surface area contributed by atoms with E-state index in [9.17, 15) is 5.11 Å². The summed E-state index contributed by atoms with van der Waals surface area (Å²) in [5.74, 6) is 1.82. The molecule has 4 nitrogen and oxygen atoms in total. The van der Waals surface area contributed by atoms with Gasteiger partial charge in [0.15, 0.2) is 11.5 Å². The molecule has 4 aromatic carbocycles. The minimum absolute atomic E-state index is 0.0565. The fourth-order valence-corrected chi connectivity index (χ4v) is 3.77. The number of aliphatic hydroxyl groups excluding tert-OH is 1. The Morgan fingerprint density at radius 3 is 1.85 bits per heavy atom. The van der Waals surface area contributed by atoms with Crippen molar-refractivity contribution in [3.05, 3.63) is 125 Å². The molecule has 4 aromatic rings. The van der Waals surface area contributed by atoms with E-state index in [4.69, 9.17) is 14.2 Å². The highest BCUT2D eigenvalue weighted by molar-refractivity contribution is 5.51. The summed E-state index contributed by atoms with van der Waals surface area (Å²) in [6.07, 6.45) is 0. The lowest BCUT2D eigenvalue weighted by Gasteiger charge is -2.21. The Morgan fingerprint density at radius 2 is 1.27 bits per heavy atom. The van der Waals surface area contributed by atoms with Gasteiger partial charge < -0.3 is 19.3 Å². The van der Waals surface area contributed by atoms with Crippen LogP contribution in [0.2, 0.25) is 0 Å². The average molecular weight is 441 g/mol. The Kier molecular flexibility index (Phi) is 7.62. The standard InChI is InChI=1S/C29H28O4/c1-31-28-14-8-13-26(29(28)33-21-23-11-6-3-7-12-23)27(19-30)24-15-17-25(18-16-24)32-20-22-9-4-2-5-10-22/h2-18,27,30H,19-21H2,1H3/t27-/m1/s1. The number of methoxy groups -OCH3 is 1. The molecular formula is C29H28O4. The Labute approximate surface area is 195 Å². The monoisotopic (exact) mass is 440 g/mol. The van der Waals surface area contributed by atoms with Gasteiger partial charge in [0.2, 0.25) is 0 Å². The Balaban J connectivity index is 1.54. The quantitative estimate of drug-likeness (QED) is 0.330. The Morgan fingerprint density at radius 1 is 0.667 bits per heavy atom. The lowest BCUT2D eigenvalue weighted by atomic mass is 9.91. The van der Waals surface area contributed by atoms with Gasteiger partial charge >= 0.3 is 0 Å². The second kappa shape index (κ2) is 11.2. The van der Waals surface area contributed by atoms with E-state index in [1.54, 1.807) is 7.11 Å².